The standard InChI is InChI=1S/C43H57ClN4O10.C42H54ClN5O10/c1-2-55-29-21-33-32(10-11-36(38(33)44)56-17-14-47-12-15-54-16-13-47)37(23-29)57-31-22-35-39(49)46-43(41(51)52)24-28(43)8-6-4-3-5-7-9-34(40(50)48(35)25-31)45-42(53)58-30-19-26-18-27(26)20-30;1-2-55-35-22-34(30-10-11-33(36(43)37(30)45-35)56-17-14-47-12-15-54-16-13-47)57-29-21-32-38(49)46-42(40(51)52)23-27(42)8-6-4-3-5-7-9-31(39(50)48(32)24-29)44-41(53)58-28-19-25-18-26(25)20-28/h10-11,21,23,26-28,30-31,34-35H,2-9,12-20,22,24-25H2,1H3,(H,45,53)(H,46,49)(H,51,52);6,8,10-11,22,25-29,31-32H,2-5,7,9,12-21,23-24H2,1H3,(H,44,53)(H,46,49)(H,51,52)/b;8-6-/t26-,27+,28-,30?,31-,34+,35+,43-;25-,26+,27-,28?,29-,31+,32+,42-/m11/s1. The molecule has 6 saturated carbocycles. The average Bonchev–Trinajstić information content (AvgIpc) is 1.61. The van der Waals surface area contributed by atoms with Gasteiger partial charge in [-0.25, -0.2) is 24.2 Å². The van der Waals surface area contributed by atoms with Gasteiger partial charge in [-0.15, -0.1) is 0 Å². The maximum Gasteiger partial charge on any atom is 0.408 e. The summed E-state index contributed by atoms with van der Waals surface area (Å²) in [7, 11) is 0. The zero-order valence-corrected chi connectivity index (χ0v) is 67.9. The summed E-state index contributed by atoms with van der Waals surface area (Å²) < 4.78 is 59.8. The van der Waals surface area contributed by atoms with Crippen LogP contribution in [-0.4, -0.2) is 247 Å². The summed E-state index contributed by atoms with van der Waals surface area (Å²) >= 11 is 13.9. The van der Waals surface area contributed by atoms with Crippen molar-refractivity contribution in [1.29, 1.82) is 0 Å². The molecule has 630 valence electrons. The fourth-order valence-electron chi connectivity index (χ4n) is 18.8. The minimum Gasteiger partial charge on any atom is -0.494 e. The molecule has 31 heteroatoms. The number of halogens is 2. The number of aliphatic carboxylic acids is 2. The number of fused-ring (bicyclic) bond motifs is 8. The van der Waals surface area contributed by atoms with Crippen molar-refractivity contribution in [2.24, 2.45) is 35.5 Å². The van der Waals surface area contributed by atoms with Crippen LogP contribution in [0.5, 0.6) is 34.6 Å². The van der Waals surface area contributed by atoms with E-state index in [2.05, 4.69) is 36.1 Å². The molecule has 3 aromatic carbocycles. The molecule has 7 heterocycles. The fraction of sp³-hybridized carbons (Fsp3) is 0.659. The van der Waals surface area contributed by atoms with Crippen molar-refractivity contribution in [3.63, 3.8) is 0 Å². The molecule has 29 nitrogen and oxygen atoms in total. The van der Waals surface area contributed by atoms with Gasteiger partial charge >= 0.3 is 24.1 Å². The number of pyridine rings is 1. The SMILES string of the molecule is CCOc1cc(O[C@@H]2C[C@H]3C(=O)N[C@]4(C(=O)O)C[C@H]4/C=C\CCCCC[C@H](NC(=O)OC4C[C@@H]5C[C@@H]5C4)C(=O)N3C2)c2ccc(OCCN3CCOCC3)c(Cl)c2n1.CCOc1cc(O[C@@H]2C[C@H]3C(=O)N[C@]4(C(=O)O)C[C@H]4CCCCCCC[C@H](NC(=O)OC4C[C@@H]5C[C@@H]5C4)C(=O)N3C2)c2ccc(OCCN3CCOCC3)c(Cl)c2c1. The zero-order valence-electron chi connectivity index (χ0n) is 66.4. The molecule has 4 aromatic rings. The Bertz CT molecular complexity index is 4280. The van der Waals surface area contributed by atoms with E-state index in [9.17, 15) is 48.6 Å². The largest absolute Gasteiger partial charge is 0.494 e. The van der Waals surface area contributed by atoms with Crippen LogP contribution in [0.2, 0.25) is 10.0 Å². The molecule has 6 amide bonds. The predicted octanol–water partition coefficient (Wildman–Crippen LogP) is 10.3. The van der Waals surface area contributed by atoms with Gasteiger partial charge in [0.15, 0.2) is 0 Å². The third kappa shape index (κ3) is 19.5. The second-order valence-electron chi connectivity index (χ2n) is 33.6. The molecule has 0 bridgehead atoms. The quantitative estimate of drug-likeness (QED) is 0.0398. The van der Waals surface area contributed by atoms with Crippen LogP contribution in [0, 0.1) is 35.5 Å². The Morgan fingerprint density at radius 1 is 0.543 bits per heavy atom. The Morgan fingerprint density at radius 3 is 1.59 bits per heavy atom. The van der Waals surface area contributed by atoms with Gasteiger partial charge in [0.05, 0.1) is 57.8 Å². The number of aromatic nitrogens is 1. The number of carbonyl (C=O) groups excluding carboxylic acids is 6. The Balaban J connectivity index is 0.000000182. The molecule has 12 aliphatic rings. The van der Waals surface area contributed by atoms with Gasteiger partial charge in [-0.2, -0.15) is 0 Å². The number of rotatable bonds is 22. The van der Waals surface area contributed by atoms with Gasteiger partial charge in [0.2, 0.25) is 29.5 Å². The van der Waals surface area contributed by atoms with Gasteiger partial charge < -0.3 is 88.6 Å². The van der Waals surface area contributed by atoms with E-state index in [-0.39, 0.29) is 62.3 Å². The molecule has 2 unspecified atom stereocenters. The predicted molar refractivity (Wildman–Crippen MR) is 426 cm³/mol. The Morgan fingerprint density at radius 2 is 1.04 bits per heavy atom. The normalized spacial score (nSPS) is 31.6. The van der Waals surface area contributed by atoms with Crippen LogP contribution in [0.15, 0.2) is 54.6 Å². The number of amides is 6. The van der Waals surface area contributed by atoms with Gasteiger partial charge in [-0.3, -0.25) is 29.0 Å². The molecule has 11 fully saturated rings. The van der Waals surface area contributed by atoms with E-state index in [1.165, 1.54) is 22.6 Å². The summed E-state index contributed by atoms with van der Waals surface area (Å²) in [5.41, 5.74) is -2.42. The summed E-state index contributed by atoms with van der Waals surface area (Å²) in [6.45, 7) is 13.0. The number of alkyl carbamates (subject to hydrolysis) is 2. The van der Waals surface area contributed by atoms with Crippen molar-refractivity contribution < 1.29 is 95.9 Å². The number of ether oxygens (including phenoxy) is 10. The second kappa shape index (κ2) is 36.9. The molecular weight excluding hydrogens is 1540 g/mol. The average molecular weight is 1650 g/mol. The lowest BCUT2D eigenvalue weighted by Gasteiger charge is -2.29. The van der Waals surface area contributed by atoms with Crippen LogP contribution in [0.4, 0.5) is 9.59 Å². The van der Waals surface area contributed by atoms with E-state index in [1.54, 1.807) is 18.2 Å². The highest BCUT2D eigenvalue weighted by molar-refractivity contribution is 6.37. The molecule has 6 N–H and O–H groups in total. The number of morpholine rings is 2. The van der Waals surface area contributed by atoms with E-state index in [1.807, 2.05) is 50.3 Å². The highest BCUT2D eigenvalue weighted by Gasteiger charge is 2.63. The zero-order chi connectivity index (χ0) is 80.8. The minimum absolute atomic E-state index is 0.00376. The monoisotopic (exact) mass is 1650 g/mol. The fourth-order valence-corrected chi connectivity index (χ4v) is 19.4. The number of allylic oxidation sites excluding steroid dienone is 1. The van der Waals surface area contributed by atoms with Crippen LogP contribution in [0.1, 0.15) is 155 Å². The summed E-state index contributed by atoms with van der Waals surface area (Å²) in [6, 6.07) is 8.59. The second-order valence-corrected chi connectivity index (χ2v) is 34.4. The molecule has 16 atom stereocenters. The maximum atomic E-state index is 14.6. The number of nitrogens with zero attached hydrogens (tertiary/aromatic N) is 5. The lowest BCUT2D eigenvalue weighted by molar-refractivity contribution is -0.146. The van der Waals surface area contributed by atoms with E-state index in [0.29, 0.717) is 182 Å². The highest BCUT2D eigenvalue weighted by Crippen LogP contribution is 2.54. The van der Waals surface area contributed by atoms with Crippen molar-refractivity contribution in [2.45, 2.75) is 215 Å². The number of benzene rings is 3. The molecule has 16 rings (SSSR count). The summed E-state index contributed by atoms with van der Waals surface area (Å²) in [5, 5.41) is 34.7. The molecule has 0 spiro atoms. The number of carboxylic acids is 2. The number of hydrogen-bond acceptors (Lipinski definition) is 21. The van der Waals surface area contributed by atoms with E-state index in [0.717, 1.165) is 103 Å². The first-order valence-corrected chi connectivity index (χ1v) is 43.2. The smallest absolute Gasteiger partial charge is 0.408 e. The van der Waals surface area contributed by atoms with Crippen LogP contribution in [-0.2, 0) is 47.7 Å². The Kier molecular flexibility index (Phi) is 26.3. The first-order chi connectivity index (χ1) is 56.2. The van der Waals surface area contributed by atoms with Crippen molar-refractivity contribution in [3.8, 4) is 34.6 Å². The summed E-state index contributed by atoms with van der Waals surface area (Å²) in [5.74, 6) is 0.427. The highest BCUT2D eigenvalue weighted by atomic mass is 35.5. The first kappa shape index (κ1) is 82.7. The lowest BCUT2D eigenvalue weighted by Crippen LogP contribution is -2.56. The maximum absolute atomic E-state index is 14.6. The Labute approximate surface area is 685 Å². The number of carboxylic acid groups (broad SMARTS) is 2. The van der Waals surface area contributed by atoms with Gasteiger partial charge in [-0.1, -0.05) is 80.3 Å². The number of hydrogen-bond donors (Lipinski definition) is 6. The molecule has 6 aliphatic carbocycles. The van der Waals surface area contributed by atoms with Crippen molar-refractivity contribution >= 4 is 92.6 Å². The van der Waals surface area contributed by atoms with E-state index < -0.39 is 95.2 Å². The molecule has 0 radical (unpaired) electrons. The lowest BCUT2D eigenvalue weighted by atomic mass is 10.0. The van der Waals surface area contributed by atoms with Crippen molar-refractivity contribution in [1.82, 2.24) is 45.9 Å². The molecule has 6 aliphatic heterocycles. The number of nitrogens with one attached hydrogen (secondary N) is 4. The first-order valence-electron chi connectivity index (χ1n) is 42.4. The van der Waals surface area contributed by atoms with Crippen molar-refractivity contribution in [2.75, 3.05) is 105 Å². The van der Waals surface area contributed by atoms with Crippen LogP contribution in [0.25, 0.3) is 21.7 Å². The summed E-state index contributed by atoms with van der Waals surface area (Å²) in [4.78, 5) is 121. The molecule has 5 saturated heterocycles. The molecular formula is C85H111Cl2N9O20. The van der Waals surface area contributed by atoms with E-state index >= 15 is 0 Å². The topological polar surface area (TPSA) is 343 Å². The van der Waals surface area contributed by atoms with Crippen LogP contribution >= 0.6 is 23.2 Å². The van der Waals surface area contributed by atoms with Gasteiger partial charge in [-0.05, 0) is 157 Å². The molecule has 1 aromatic heterocycles. The summed E-state index contributed by atoms with van der Waals surface area (Å²) in [6.07, 6.45) is 16.2. The van der Waals surface area contributed by atoms with Gasteiger partial charge in [0.1, 0.15) is 112 Å². The van der Waals surface area contributed by atoms with Crippen molar-refractivity contribution in [3.05, 3.63) is 64.7 Å². The van der Waals surface area contributed by atoms with E-state index in [4.69, 9.17) is 70.6 Å². The number of carbonyl (C=O) groups is 8. The Hall–Kier alpha value is -8.35. The molecule has 116 heavy (non-hydrogen) atoms. The third-order valence-corrected chi connectivity index (χ3v) is 26.5. The third-order valence-electron chi connectivity index (χ3n) is 25.7. The minimum atomic E-state index is -1.46. The van der Waals surface area contributed by atoms with Gasteiger partial charge in [0, 0.05) is 86.3 Å². The van der Waals surface area contributed by atoms with Crippen LogP contribution < -0.4 is 49.7 Å². The van der Waals surface area contributed by atoms with Gasteiger partial charge in [0.25, 0.3) is 0 Å². The van der Waals surface area contributed by atoms with Crippen LogP contribution in [0.3, 0.4) is 0 Å².